The molecule has 1 N–H and O–H groups in total. The monoisotopic (exact) mass is 268 g/mol. The van der Waals surface area contributed by atoms with Crippen LogP contribution in [0.3, 0.4) is 0 Å². The predicted molar refractivity (Wildman–Crippen MR) is 64.7 cm³/mol. The summed E-state index contributed by atoms with van der Waals surface area (Å²) in [5, 5.41) is 2.54. The van der Waals surface area contributed by atoms with Gasteiger partial charge in [0.05, 0.1) is 13.1 Å². The predicted octanol–water partition coefficient (Wildman–Crippen LogP) is 0.821. The van der Waals surface area contributed by atoms with Gasteiger partial charge in [0.25, 0.3) is 6.43 Å². The highest BCUT2D eigenvalue weighted by atomic mass is 19.3. The number of halogens is 2. The van der Waals surface area contributed by atoms with Crippen LogP contribution in [0.1, 0.15) is 5.56 Å². The Morgan fingerprint density at radius 2 is 1.95 bits per heavy atom. The molecule has 0 bridgehead atoms. The lowest BCUT2D eigenvalue weighted by atomic mass is 10.0. The van der Waals surface area contributed by atoms with Gasteiger partial charge in [0, 0.05) is 6.42 Å². The second-order valence-corrected chi connectivity index (χ2v) is 4.42. The average Bonchev–Trinajstić information content (AvgIpc) is 2.35. The number of hydrogen-bond donors (Lipinski definition) is 1. The molecule has 0 aromatic heterocycles. The molecule has 1 aliphatic rings. The van der Waals surface area contributed by atoms with E-state index in [1.807, 2.05) is 30.3 Å². The second kappa shape index (κ2) is 5.77. The van der Waals surface area contributed by atoms with E-state index in [0.29, 0.717) is 6.42 Å². The van der Waals surface area contributed by atoms with Crippen molar-refractivity contribution in [2.24, 2.45) is 0 Å². The maximum absolute atomic E-state index is 12.3. The lowest BCUT2D eigenvalue weighted by Gasteiger charge is -2.32. The van der Waals surface area contributed by atoms with Gasteiger partial charge in [0.15, 0.2) is 0 Å². The Kier molecular flexibility index (Phi) is 4.09. The molecule has 1 heterocycles. The van der Waals surface area contributed by atoms with E-state index >= 15 is 0 Å². The SMILES string of the molecule is O=C1CN(CC(F)F)C(=O)C(Cc2ccccc2)N1. The fraction of sp³-hybridized carbons (Fsp3) is 0.385. The van der Waals surface area contributed by atoms with Crippen molar-refractivity contribution in [1.29, 1.82) is 0 Å². The summed E-state index contributed by atoms with van der Waals surface area (Å²) >= 11 is 0. The Balaban J connectivity index is 2.07. The van der Waals surface area contributed by atoms with Crippen molar-refractivity contribution in [3.05, 3.63) is 35.9 Å². The summed E-state index contributed by atoms with van der Waals surface area (Å²) in [7, 11) is 0. The van der Waals surface area contributed by atoms with Crippen molar-refractivity contribution < 1.29 is 18.4 Å². The normalized spacial score (nSPS) is 19.7. The fourth-order valence-corrected chi connectivity index (χ4v) is 2.08. The Hall–Kier alpha value is -1.98. The molecule has 0 aliphatic carbocycles. The van der Waals surface area contributed by atoms with E-state index in [2.05, 4.69) is 5.32 Å². The zero-order chi connectivity index (χ0) is 13.8. The third-order valence-electron chi connectivity index (χ3n) is 2.92. The molecule has 6 heteroatoms. The third-order valence-corrected chi connectivity index (χ3v) is 2.92. The van der Waals surface area contributed by atoms with Crippen LogP contribution >= 0.6 is 0 Å². The number of amides is 2. The summed E-state index contributed by atoms with van der Waals surface area (Å²) in [6.45, 7) is -0.994. The summed E-state index contributed by atoms with van der Waals surface area (Å²) < 4.78 is 24.7. The van der Waals surface area contributed by atoms with E-state index < -0.39 is 30.8 Å². The van der Waals surface area contributed by atoms with Gasteiger partial charge >= 0.3 is 0 Å². The van der Waals surface area contributed by atoms with Crippen LogP contribution in [0.2, 0.25) is 0 Å². The molecule has 4 nitrogen and oxygen atoms in total. The summed E-state index contributed by atoms with van der Waals surface area (Å²) in [5.41, 5.74) is 0.875. The van der Waals surface area contributed by atoms with Crippen molar-refractivity contribution in [3.8, 4) is 0 Å². The van der Waals surface area contributed by atoms with Gasteiger partial charge in [-0.1, -0.05) is 30.3 Å². The van der Waals surface area contributed by atoms with Gasteiger partial charge in [-0.15, -0.1) is 0 Å². The van der Waals surface area contributed by atoms with Crippen molar-refractivity contribution in [3.63, 3.8) is 0 Å². The third kappa shape index (κ3) is 3.49. The molecule has 0 radical (unpaired) electrons. The molecule has 1 aliphatic heterocycles. The van der Waals surface area contributed by atoms with Crippen LogP contribution in [-0.4, -0.2) is 42.3 Å². The first-order chi connectivity index (χ1) is 9.06. The Bertz CT molecular complexity index is 465. The summed E-state index contributed by atoms with van der Waals surface area (Å²) in [6, 6.07) is 8.37. The van der Waals surface area contributed by atoms with Crippen LogP contribution in [-0.2, 0) is 16.0 Å². The highest BCUT2D eigenvalue weighted by molar-refractivity contribution is 5.95. The van der Waals surface area contributed by atoms with Crippen molar-refractivity contribution in [2.75, 3.05) is 13.1 Å². The molecule has 1 saturated heterocycles. The molecular formula is C13H14F2N2O2. The van der Waals surface area contributed by atoms with Gasteiger partial charge in [-0.3, -0.25) is 9.59 Å². The Morgan fingerprint density at radius 1 is 1.26 bits per heavy atom. The summed E-state index contributed by atoms with van der Waals surface area (Å²) in [4.78, 5) is 24.4. The largest absolute Gasteiger partial charge is 0.342 e. The number of rotatable bonds is 4. The molecule has 1 aromatic rings. The van der Waals surface area contributed by atoms with Crippen LogP contribution in [0, 0.1) is 0 Å². The Morgan fingerprint density at radius 3 is 2.58 bits per heavy atom. The second-order valence-electron chi connectivity index (χ2n) is 4.42. The first kappa shape index (κ1) is 13.5. The number of nitrogens with zero attached hydrogens (tertiary/aromatic N) is 1. The smallest absolute Gasteiger partial charge is 0.255 e. The Labute approximate surface area is 109 Å². The molecule has 0 saturated carbocycles. The maximum Gasteiger partial charge on any atom is 0.255 e. The first-order valence-electron chi connectivity index (χ1n) is 5.96. The fourth-order valence-electron chi connectivity index (χ4n) is 2.08. The molecule has 1 atom stereocenters. The number of alkyl halides is 2. The van der Waals surface area contributed by atoms with Crippen molar-refractivity contribution in [2.45, 2.75) is 18.9 Å². The number of hydrogen-bond acceptors (Lipinski definition) is 2. The quantitative estimate of drug-likeness (QED) is 0.879. The molecule has 2 amide bonds. The average molecular weight is 268 g/mol. The minimum atomic E-state index is -2.63. The molecule has 0 spiro atoms. The number of benzene rings is 1. The number of carbonyl (C=O) groups excluding carboxylic acids is 2. The first-order valence-corrected chi connectivity index (χ1v) is 5.96. The molecule has 1 fully saturated rings. The van der Waals surface area contributed by atoms with E-state index in [1.54, 1.807) is 0 Å². The van der Waals surface area contributed by atoms with Gasteiger partial charge < -0.3 is 10.2 Å². The van der Waals surface area contributed by atoms with E-state index in [9.17, 15) is 18.4 Å². The summed E-state index contributed by atoms with van der Waals surface area (Å²) in [6.07, 6.45) is -2.32. The molecular weight excluding hydrogens is 254 g/mol. The minimum Gasteiger partial charge on any atom is -0.342 e. The molecule has 1 aromatic carbocycles. The molecule has 1 unspecified atom stereocenters. The lowest BCUT2D eigenvalue weighted by molar-refractivity contribution is -0.146. The van der Waals surface area contributed by atoms with Crippen molar-refractivity contribution >= 4 is 11.8 Å². The van der Waals surface area contributed by atoms with Gasteiger partial charge in [0.1, 0.15) is 6.04 Å². The van der Waals surface area contributed by atoms with E-state index in [0.717, 1.165) is 10.5 Å². The van der Waals surface area contributed by atoms with E-state index in [4.69, 9.17) is 0 Å². The van der Waals surface area contributed by atoms with E-state index in [1.165, 1.54) is 0 Å². The van der Waals surface area contributed by atoms with Crippen LogP contribution in [0.15, 0.2) is 30.3 Å². The zero-order valence-corrected chi connectivity index (χ0v) is 10.2. The van der Waals surface area contributed by atoms with Crippen LogP contribution < -0.4 is 5.32 Å². The van der Waals surface area contributed by atoms with Gasteiger partial charge in [0.2, 0.25) is 11.8 Å². The number of carbonyl (C=O) groups is 2. The zero-order valence-electron chi connectivity index (χ0n) is 10.2. The minimum absolute atomic E-state index is 0.297. The lowest BCUT2D eigenvalue weighted by Crippen LogP contribution is -2.59. The van der Waals surface area contributed by atoms with Crippen LogP contribution in [0.4, 0.5) is 8.78 Å². The molecule has 19 heavy (non-hydrogen) atoms. The van der Waals surface area contributed by atoms with Gasteiger partial charge in [-0.25, -0.2) is 8.78 Å². The standard InChI is InChI=1S/C13H14F2N2O2/c14-11(15)7-17-8-12(18)16-10(13(17)19)6-9-4-2-1-3-5-9/h1-5,10-11H,6-8H2,(H,16,18). The number of nitrogens with one attached hydrogen (secondary N) is 1. The molecule has 2 rings (SSSR count). The highest BCUT2D eigenvalue weighted by Crippen LogP contribution is 2.11. The summed E-state index contributed by atoms with van der Waals surface area (Å²) in [5.74, 6) is -0.857. The van der Waals surface area contributed by atoms with Gasteiger partial charge in [-0.2, -0.15) is 0 Å². The highest BCUT2D eigenvalue weighted by Gasteiger charge is 2.33. The van der Waals surface area contributed by atoms with Crippen LogP contribution in [0.5, 0.6) is 0 Å². The van der Waals surface area contributed by atoms with Gasteiger partial charge in [-0.05, 0) is 5.56 Å². The maximum atomic E-state index is 12.3. The van der Waals surface area contributed by atoms with Crippen molar-refractivity contribution in [1.82, 2.24) is 10.2 Å². The van der Waals surface area contributed by atoms with E-state index in [-0.39, 0.29) is 6.54 Å². The molecule has 102 valence electrons. The van der Waals surface area contributed by atoms with Crippen LogP contribution in [0.25, 0.3) is 0 Å². The topological polar surface area (TPSA) is 49.4 Å². The number of piperazine rings is 1.